The highest BCUT2D eigenvalue weighted by molar-refractivity contribution is 5.61. The third kappa shape index (κ3) is 13.5. The maximum absolute atomic E-state index is 4.60. The zero-order valence-electron chi connectivity index (χ0n) is 22.6. The van der Waals surface area contributed by atoms with Crippen LogP contribution < -0.4 is 16.7 Å². The highest BCUT2D eigenvalue weighted by Gasteiger charge is 2.10. The van der Waals surface area contributed by atoms with Gasteiger partial charge in [0.1, 0.15) is 0 Å². The summed E-state index contributed by atoms with van der Waals surface area (Å²) in [4.78, 5) is 0. The topological polar surface area (TPSA) is 53.3 Å². The first kappa shape index (κ1) is 33.1. The van der Waals surface area contributed by atoms with Crippen molar-refractivity contribution in [3.63, 3.8) is 0 Å². The molecule has 1 aliphatic rings. The van der Waals surface area contributed by atoms with Gasteiger partial charge in [-0.15, -0.1) is 0 Å². The molecule has 34 heavy (non-hydrogen) atoms. The van der Waals surface area contributed by atoms with E-state index in [9.17, 15) is 0 Å². The standard InChI is InChI=1S/C25H30N2.2C2H6.CH6N2/c1-6-14-25(26-27(5)22(4)24-17-12-9-13-18-24)19-20(2)21(3)23-15-10-7-8-11-16-23;2*1-2;1-3-2/h7,9-18,26H,2-4,6,8,19H2,1,5H3;2*1-2H3;3H,2H2,1H3/b25-14+;;;. The maximum atomic E-state index is 4.60. The molecule has 188 valence electrons. The summed E-state index contributed by atoms with van der Waals surface area (Å²) in [5.41, 5.74) is 11.9. The number of nitrogens with zero attached hydrogens (tertiary/aromatic N) is 1. The molecule has 4 nitrogen and oxygen atoms in total. The average molecular weight is 465 g/mol. The largest absolute Gasteiger partial charge is 0.303 e. The third-order valence-corrected chi connectivity index (χ3v) is 4.43. The Bertz CT molecular complexity index is 827. The van der Waals surface area contributed by atoms with Gasteiger partial charge in [-0.3, -0.25) is 16.3 Å². The fourth-order valence-corrected chi connectivity index (χ4v) is 2.83. The minimum absolute atomic E-state index is 0.716. The van der Waals surface area contributed by atoms with Crippen molar-refractivity contribution in [3.05, 3.63) is 115 Å². The van der Waals surface area contributed by atoms with E-state index in [1.165, 1.54) is 0 Å². The van der Waals surface area contributed by atoms with Gasteiger partial charge in [0.2, 0.25) is 0 Å². The molecule has 0 aliphatic heterocycles. The number of nitrogens with one attached hydrogen (secondary N) is 2. The summed E-state index contributed by atoms with van der Waals surface area (Å²) in [6, 6.07) is 10.2. The lowest BCUT2D eigenvalue weighted by Crippen LogP contribution is -2.32. The Morgan fingerprint density at radius 3 is 2.21 bits per heavy atom. The molecule has 0 bridgehead atoms. The van der Waals surface area contributed by atoms with Crippen molar-refractivity contribution in [1.29, 1.82) is 0 Å². The van der Waals surface area contributed by atoms with Gasteiger partial charge in [0, 0.05) is 19.2 Å². The van der Waals surface area contributed by atoms with Crippen molar-refractivity contribution in [1.82, 2.24) is 15.9 Å². The molecular weight excluding hydrogens is 416 g/mol. The fraction of sp³-hybridized carbons (Fsp3) is 0.333. The molecule has 0 heterocycles. The normalized spacial score (nSPS) is 11.6. The van der Waals surface area contributed by atoms with Crippen molar-refractivity contribution in [2.75, 3.05) is 14.1 Å². The quantitative estimate of drug-likeness (QED) is 0.202. The Hall–Kier alpha value is -3.08. The summed E-state index contributed by atoms with van der Waals surface area (Å²) in [5, 5.41) is 1.96. The summed E-state index contributed by atoms with van der Waals surface area (Å²) in [6.07, 6.45) is 15.4. The molecule has 0 amide bonds. The summed E-state index contributed by atoms with van der Waals surface area (Å²) >= 11 is 0. The van der Waals surface area contributed by atoms with Crippen LogP contribution in [-0.2, 0) is 0 Å². The maximum Gasteiger partial charge on any atom is 0.0569 e. The van der Waals surface area contributed by atoms with Crippen LogP contribution in [0.25, 0.3) is 5.70 Å². The minimum atomic E-state index is 0.716. The van der Waals surface area contributed by atoms with Crippen LogP contribution in [0.15, 0.2) is 109 Å². The Balaban J connectivity index is 0. The molecule has 0 spiro atoms. The SMILES string of the molecule is C=C(C/C(=C\CC)NN(C)C(=C)c1ccccc1)C(=C)C1=CC=CCC=C1.CC.CC.CNN. The molecule has 4 heteroatoms. The van der Waals surface area contributed by atoms with Gasteiger partial charge in [0.15, 0.2) is 0 Å². The van der Waals surface area contributed by atoms with Gasteiger partial charge in [-0.2, -0.15) is 0 Å². The number of hydrazine groups is 2. The molecule has 1 aromatic rings. The van der Waals surface area contributed by atoms with E-state index >= 15 is 0 Å². The number of hydrogen-bond acceptors (Lipinski definition) is 4. The molecular formula is C30H48N4. The molecule has 0 aromatic heterocycles. The van der Waals surface area contributed by atoms with Crippen LogP contribution in [0, 0.1) is 0 Å². The van der Waals surface area contributed by atoms with Crippen molar-refractivity contribution in [3.8, 4) is 0 Å². The number of nitrogens with two attached hydrogens (primary N) is 1. The van der Waals surface area contributed by atoms with Gasteiger partial charge in [0.25, 0.3) is 0 Å². The van der Waals surface area contributed by atoms with Crippen LogP contribution in [0.4, 0.5) is 0 Å². The molecule has 0 atom stereocenters. The first-order valence-corrected chi connectivity index (χ1v) is 12.2. The first-order chi connectivity index (χ1) is 16.4. The first-order valence-electron chi connectivity index (χ1n) is 12.2. The van der Waals surface area contributed by atoms with E-state index in [0.717, 1.165) is 46.5 Å². The molecule has 0 radical (unpaired) electrons. The van der Waals surface area contributed by atoms with E-state index < -0.39 is 0 Å². The molecule has 0 saturated carbocycles. The second-order valence-corrected chi connectivity index (χ2v) is 6.86. The number of rotatable bonds is 9. The number of hydrogen-bond donors (Lipinski definition) is 3. The van der Waals surface area contributed by atoms with E-state index in [2.05, 4.69) is 91.9 Å². The van der Waals surface area contributed by atoms with E-state index in [1.54, 1.807) is 7.05 Å². The van der Waals surface area contributed by atoms with Crippen LogP contribution in [0.3, 0.4) is 0 Å². The lowest BCUT2D eigenvalue weighted by atomic mass is 9.96. The van der Waals surface area contributed by atoms with E-state index in [1.807, 2.05) is 58.0 Å². The van der Waals surface area contributed by atoms with Crippen LogP contribution in [-0.4, -0.2) is 19.1 Å². The molecule has 0 fully saturated rings. The zero-order chi connectivity index (χ0) is 26.4. The molecule has 0 unspecified atom stereocenters. The Kier molecular flexibility index (Phi) is 21.2. The van der Waals surface area contributed by atoms with E-state index in [0.29, 0.717) is 6.42 Å². The smallest absolute Gasteiger partial charge is 0.0569 e. The van der Waals surface area contributed by atoms with Crippen LogP contribution in [0.1, 0.15) is 59.4 Å². The molecule has 2 rings (SSSR count). The van der Waals surface area contributed by atoms with E-state index in [-0.39, 0.29) is 0 Å². The Morgan fingerprint density at radius 2 is 1.65 bits per heavy atom. The monoisotopic (exact) mass is 464 g/mol. The van der Waals surface area contributed by atoms with Gasteiger partial charge in [0.05, 0.1) is 5.70 Å². The highest BCUT2D eigenvalue weighted by Crippen LogP contribution is 2.25. The van der Waals surface area contributed by atoms with E-state index in [4.69, 9.17) is 0 Å². The molecule has 1 aromatic carbocycles. The minimum Gasteiger partial charge on any atom is -0.303 e. The lowest BCUT2D eigenvalue weighted by molar-refractivity contribution is 0.387. The Morgan fingerprint density at radius 1 is 1.06 bits per heavy atom. The van der Waals surface area contributed by atoms with Crippen molar-refractivity contribution in [2.45, 2.75) is 53.9 Å². The molecule has 0 saturated heterocycles. The number of benzene rings is 1. The van der Waals surface area contributed by atoms with Gasteiger partial charge >= 0.3 is 0 Å². The highest BCUT2D eigenvalue weighted by atomic mass is 15.5. The zero-order valence-corrected chi connectivity index (χ0v) is 22.6. The van der Waals surface area contributed by atoms with Crippen LogP contribution in [0.5, 0.6) is 0 Å². The summed E-state index contributed by atoms with van der Waals surface area (Å²) in [7, 11) is 3.64. The van der Waals surface area contributed by atoms with Gasteiger partial charge in [-0.25, -0.2) is 0 Å². The van der Waals surface area contributed by atoms with Crippen molar-refractivity contribution < 1.29 is 0 Å². The van der Waals surface area contributed by atoms with Crippen LogP contribution in [0.2, 0.25) is 0 Å². The third-order valence-electron chi connectivity index (χ3n) is 4.43. The average Bonchev–Trinajstić information content (AvgIpc) is 3.16. The second-order valence-electron chi connectivity index (χ2n) is 6.86. The van der Waals surface area contributed by atoms with Gasteiger partial charge in [-0.05, 0) is 42.2 Å². The lowest BCUT2D eigenvalue weighted by Gasteiger charge is -2.26. The Labute approximate surface area is 210 Å². The van der Waals surface area contributed by atoms with Crippen molar-refractivity contribution >= 4 is 5.70 Å². The molecule has 1 aliphatic carbocycles. The van der Waals surface area contributed by atoms with Gasteiger partial charge in [-0.1, -0.05) is 121 Å². The summed E-state index contributed by atoms with van der Waals surface area (Å²) in [6.45, 7) is 22.9. The van der Waals surface area contributed by atoms with Crippen LogP contribution >= 0.6 is 0 Å². The number of allylic oxidation sites excluding steroid dienone is 9. The van der Waals surface area contributed by atoms with Crippen molar-refractivity contribution in [2.24, 2.45) is 5.84 Å². The molecule has 4 N–H and O–H groups in total. The fourth-order valence-electron chi connectivity index (χ4n) is 2.83. The summed E-state index contributed by atoms with van der Waals surface area (Å²) in [5.74, 6) is 4.60. The predicted octanol–water partition coefficient (Wildman–Crippen LogP) is 7.46. The predicted molar refractivity (Wildman–Crippen MR) is 155 cm³/mol. The van der Waals surface area contributed by atoms with Gasteiger partial charge < -0.3 is 5.43 Å². The second kappa shape index (κ2) is 21.7. The summed E-state index contributed by atoms with van der Waals surface area (Å²) < 4.78 is 0.